The number of hydrogen-bond donors (Lipinski definition) is 0. The minimum absolute atomic E-state index is 0.0262. The van der Waals surface area contributed by atoms with E-state index in [2.05, 4.69) is 0 Å². The SMILES string of the molecule is CC(C)C(Cl)OC(=O)Oc1cccc(F)c1. The molecular formula is C11H12ClFO3. The van der Waals surface area contributed by atoms with E-state index in [0.717, 1.165) is 6.07 Å². The Labute approximate surface area is 98.1 Å². The number of hydrogen-bond acceptors (Lipinski definition) is 3. The number of carbonyl (C=O) groups is 1. The van der Waals surface area contributed by atoms with Crippen LogP contribution < -0.4 is 4.74 Å². The van der Waals surface area contributed by atoms with E-state index in [-0.39, 0.29) is 11.7 Å². The molecule has 1 aromatic rings. The fourth-order valence-corrected chi connectivity index (χ4v) is 0.952. The van der Waals surface area contributed by atoms with E-state index in [1.165, 1.54) is 18.2 Å². The highest BCUT2D eigenvalue weighted by molar-refractivity contribution is 6.20. The van der Waals surface area contributed by atoms with Crippen LogP contribution in [0.2, 0.25) is 0 Å². The van der Waals surface area contributed by atoms with E-state index in [0.29, 0.717) is 0 Å². The maximum Gasteiger partial charge on any atom is 0.515 e. The van der Waals surface area contributed by atoms with Crippen molar-refractivity contribution >= 4 is 17.8 Å². The lowest BCUT2D eigenvalue weighted by Gasteiger charge is -2.13. The summed E-state index contributed by atoms with van der Waals surface area (Å²) in [4.78, 5) is 11.2. The summed E-state index contributed by atoms with van der Waals surface area (Å²) in [6, 6.07) is 5.21. The third kappa shape index (κ3) is 4.06. The third-order valence-corrected chi connectivity index (χ3v) is 2.32. The first kappa shape index (κ1) is 12.8. The van der Waals surface area contributed by atoms with E-state index in [4.69, 9.17) is 21.1 Å². The van der Waals surface area contributed by atoms with Gasteiger partial charge >= 0.3 is 6.16 Å². The fraction of sp³-hybridized carbons (Fsp3) is 0.364. The molecule has 0 saturated carbocycles. The Morgan fingerprint density at radius 2 is 2.12 bits per heavy atom. The number of halogens is 2. The molecule has 0 bridgehead atoms. The topological polar surface area (TPSA) is 35.5 Å². The van der Waals surface area contributed by atoms with Gasteiger partial charge < -0.3 is 9.47 Å². The second-order valence-electron chi connectivity index (χ2n) is 3.52. The zero-order valence-corrected chi connectivity index (χ0v) is 9.70. The molecule has 0 N–H and O–H groups in total. The minimum Gasteiger partial charge on any atom is -0.414 e. The van der Waals surface area contributed by atoms with Gasteiger partial charge in [-0.05, 0) is 12.1 Å². The van der Waals surface area contributed by atoms with Gasteiger partial charge in [0.05, 0.1) is 0 Å². The molecule has 0 saturated heterocycles. The first-order valence-corrected chi connectivity index (χ1v) is 5.21. The summed E-state index contributed by atoms with van der Waals surface area (Å²) in [6.45, 7) is 3.60. The number of alkyl halides is 1. The minimum atomic E-state index is -0.945. The van der Waals surface area contributed by atoms with Gasteiger partial charge in [-0.25, -0.2) is 9.18 Å². The number of carbonyl (C=O) groups excluding carboxylic acids is 1. The highest BCUT2D eigenvalue weighted by atomic mass is 35.5. The summed E-state index contributed by atoms with van der Waals surface area (Å²) in [6.07, 6.45) is -0.945. The molecule has 1 rings (SSSR count). The van der Waals surface area contributed by atoms with Crippen LogP contribution in [0.25, 0.3) is 0 Å². The summed E-state index contributed by atoms with van der Waals surface area (Å²) in [5.74, 6) is -0.434. The summed E-state index contributed by atoms with van der Waals surface area (Å²) < 4.78 is 22.2. The van der Waals surface area contributed by atoms with Crippen molar-refractivity contribution in [3.05, 3.63) is 30.1 Å². The lowest BCUT2D eigenvalue weighted by atomic mass is 10.2. The molecule has 0 aliphatic carbocycles. The number of rotatable bonds is 3. The Bertz CT molecular complexity index is 368. The highest BCUT2D eigenvalue weighted by Crippen LogP contribution is 2.15. The highest BCUT2D eigenvalue weighted by Gasteiger charge is 2.16. The predicted octanol–water partition coefficient (Wildman–Crippen LogP) is 3.56. The molecule has 5 heteroatoms. The van der Waals surface area contributed by atoms with Crippen LogP contribution in [0.15, 0.2) is 24.3 Å². The largest absolute Gasteiger partial charge is 0.515 e. The zero-order chi connectivity index (χ0) is 12.1. The first-order valence-electron chi connectivity index (χ1n) is 4.77. The van der Waals surface area contributed by atoms with Gasteiger partial charge in [-0.15, -0.1) is 0 Å². The molecule has 3 nitrogen and oxygen atoms in total. The van der Waals surface area contributed by atoms with Gasteiger partial charge in [0.25, 0.3) is 0 Å². The van der Waals surface area contributed by atoms with Crippen LogP contribution in [0.5, 0.6) is 5.75 Å². The normalized spacial score (nSPS) is 12.3. The average molecular weight is 247 g/mol. The van der Waals surface area contributed by atoms with Crippen molar-refractivity contribution < 1.29 is 18.7 Å². The van der Waals surface area contributed by atoms with Crippen LogP contribution in [0.3, 0.4) is 0 Å². The maximum absolute atomic E-state index is 12.8. The molecule has 0 heterocycles. The molecule has 0 fully saturated rings. The van der Waals surface area contributed by atoms with E-state index < -0.39 is 17.5 Å². The van der Waals surface area contributed by atoms with Crippen LogP contribution >= 0.6 is 11.6 Å². The van der Waals surface area contributed by atoms with Gasteiger partial charge in [0.2, 0.25) is 0 Å². The molecule has 88 valence electrons. The number of benzene rings is 1. The van der Waals surface area contributed by atoms with Crippen LogP contribution in [-0.4, -0.2) is 11.7 Å². The Hall–Kier alpha value is -1.29. The van der Waals surface area contributed by atoms with Crippen LogP contribution in [0.4, 0.5) is 9.18 Å². The van der Waals surface area contributed by atoms with E-state index in [9.17, 15) is 9.18 Å². The second-order valence-corrected chi connectivity index (χ2v) is 3.95. The first-order chi connectivity index (χ1) is 7.49. The van der Waals surface area contributed by atoms with Gasteiger partial charge in [0, 0.05) is 12.0 Å². The van der Waals surface area contributed by atoms with E-state index in [1.54, 1.807) is 13.8 Å². The van der Waals surface area contributed by atoms with Gasteiger partial charge in [-0.2, -0.15) is 0 Å². The molecule has 1 aromatic carbocycles. The van der Waals surface area contributed by atoms with Gasteiger partial charge in [0.15, 0.2) is 5.56 Å². The smallest absolute Gasteiger partial charge is 0.414 e. The summed E-state index contributed by atoms with van der Waals surface area (Å²) in [7, 11) is 0. The van der Waals surface area contributed by atoms with Crippen LogP contribution in [0.1, 0.15) is 13.8 Å². The molecule has 1 atom stereocenters. The molecule has 0 aliphatic rings. The molecular weight excluding hydrogens is 235 g/mol. The van der Waals surface area contributed by atoms with Crippen molar-refractivity contribution in [2.45, 2.75) is 19.4 Å². The third-order valence-electron chi connectivity index (χ3n) is 1.73. The van der Waals surface area contributed by atoms with Gasteiger partial charge in [0.1, 0.15) is 11.6 Å². The predicted molar refractivity (Wildman–Crippen MR) is 58.0 cm³/mol. The maximum atomic E-state index is 12.8. The lowest BCUT2D eigenvalue weighted by Crippen LogP contribution is -2.20. The van der Waals surface area contributed by atoms with Crippen molar-refractivity contribution in [1.82, 2.24) is 0 Å². The lowest BCUT2D eigenvalue weighted by molar-refractivity contribution is 0.0725. The molecule has 1 unspecified atom stereocenters. The monoisotopic (exact) mass is 246 g/mol. The zero-order valence-electron chi connectivity index (χ0n) is 8.94. The van der Waals surface area contributed by atoms with E-state index >= 15 is 0 Å². The Kier molecular flexibility index (Phi) is 4.55. The van der Waals surface area contributed by atoms with E-state index in [1.807, 2.05) is 0 Å². The number of ether oxygens (including phenoxy) is 2. The Morgan fingerprint density at radius 1 is 1.44 bits per heavy atom. The summed E-state index contributed by atoms with van der Waals surface area (Å²) >= 11 is 5.71. The quantitative estimate of drug-likeness (QED) is 0.465. The van der Waals surface area contributed by atoms with Gasteiger partial charge in [-0.1, -0.05) is 31.5 Å². The molecule has 0 aromatic heterocycles. The van der Waals surface area contributed by atoms with Crippen LogP contribution in [-0.2, 0) is 4.74 Å². The Morgan fingerprint density at radius 3 is 2.69 bits per heavy atom. The van der Waals surface area contributed by atoms with Crippen molar-refractivity contribution in [1.29, 1.82) is 0 Å². The molecule has 0 amide bonds. The molecule has 0 radical (unpaired) electrons. The summed E-state index contributed by atoms with van der Waals surface area (Å²) in [5, 5.41) is 0. The fourth-order valence-electron chi connectivity index (χ4n) is 0.879. The van der Waals surface area contributed by atoms with Crippen molar-refractivity contribution in [2.24, 2.45) is 5.92 Å². The standard InChI is InChI=1S/C11H12ClFO3/c1-7(2)10(12)16-11(14)15-9-5-3-4-8(13)6-9/h3-7,10H,1-2H3. The summed E-state index contributed by atoms with van der Waals surface area (Å²) in [5.41, 5.74) is -0.763. The van der Waals surface area contributed by atoms with Crippen LogP contribution in [0, 0.1) is 11.7 Å². The average Bonchev–Trinajstić information content (AvgIpc) is 2.16. The molecule has 0 aliphatic heterocycles. The second kappa shape index (κ2) is 5.70. The van der Waals surface area contributed by atoms with Crippen molar-refractivity contribution in [3.8, 4) is 5.75 Å². The Balaban J connectivity index is 2.52. The van der Waals surface area contributed by atoms with Gasteiger partial charge in [-0.3, -0.25) is 0 Å². The molecule has 16 heavy (non-hydrogen) atoms. The van der Waals surface area contributed by atoms with Crippen molar-refractivity contribution in [2.75, 3.05) is 0 Å². The molecule has 0 spiro atoms. The van der Waals surface area contributed by atoms with Crippen molar-refractivity contribution in [3.63, 3.8) is 0 Å².